The van der Waals surface area contributed by atoms with Gasteiger partial charge in [-0.3, -0.25) is 4.79 Å². The van der Waals surface area contributed by atoms with E-state index in [-0.39, 0.29) is 35.4 Å². The molecule has 2 saturated heterocycles. The predicted octanol–water partition coefficient (Wildman–Crippen LogP) is 3.02. The van der Waals surface area contributed by atoms with Gasteiger partial charge in [-0.05, 0) is 31.4 Å². The lowest BCUT2D eigenvalue weighted by atomic mass is 9.89. The van der Waals surface area contributed by atoms with Gasteiger partial charge in [0.05, 0.1) is 24.6 Å². The zero-order valence-electron chi connectivity index (χ0n) is 24.2. The molecule has 1 unspecified atom stereocenters. The highest BCUT2D eigenvalue weighted by molar-refractivity contribution is 5.78. The molecule has 11 nitrogen and oxygen atoms in total. The largest absolute Gasteiger partial charge is 0.394 e. The number of ether oxygens (including phenoxy) is 2. The van der Waals surface area contributed by atoms with Crippen LogP contribution in [0.1, 0.15) is 56.5 Å². The maximum atomic E-state index is 13.8. The second kappa shape index (κ2) is 13.1. The number of methoxy groups -OCH3 is 1. The summed E-state index contributed by atoms with van der Waals surface area (Å²) in [6, 6.07) is 2.55. The van der Waals surface area contributed by atoms with Gasteiger partial charge in [0.25, 0.3) is 0 Å². The monoisotopic (exact) mass is 607 g/mol. The van der Waals surface area contributed by atoms with E-state index in [0.29, 0.717) is 24.5 Å². The average Bonchev–Trinajstić information content (AvgIpc) is 3.70. The van der Waals surface area contributed by atoms with Gasteiger partial charge >= 0.3 is 0 Å². The van der Waals surface area contributed by atoms with Crippen LogP contribution in [0.5, 0.6) is 0 Å². The Morgan fingerprint density at radius 1 is 1.16 bits per heavy atom. The Balaban J connectivity index is 1.31. The van der Waals surface area contributed by atoms with Gasteiger partial charge in [0.1, 0.15) is 35.8 Å². The predicted molar refractivity (Wildman–Crippen MR) is 145 cm³/mol. The number of likely N-dealkylation sites (tertiary alicyclic amines) is 1. The molecule has 2 fully saturated rings. The van der Waals surface area contributed by atoms with E-state index in [2.05, 4.69) is 15.5 Å². The average molecular weight is 608 g/mol. The molecule has 2 aliphatic heterocycles. The molecular formula is C29H36F3N5O6. The topological polar surface area (TPSA) is 136 Å². The number of amides is 1. The van der Waals surface area contributed by atoms with Crippen LogP contribution in [-0.2, 0) is 20.7 Å². The molecule has 1 amide bonds. The van der Waals surface area contributed by atoms with Gasteiger partial charge in [-0.2, -0.15) is 0 Å². The van der Waals surface area contributed by atoms with Crippen LogP contribution in [0.4, 0.5) is 13.2 Å². The van der Waals surface area contributed by atoms with E-state index in [4.69, 9.17) is 14.0 Å². The summed E-state index contributed by atoms with van der Waals surface area (Å²) in [6.45, 7) is 4.74. The molecule has 43 heavy (non-hydrogen) atoms. The zero-order chi connectivity index (χ0) is 30.8. The van der Waals surface area contributed by atoms with Crippen molar-refractivity contribution < 1.29 is 42.2 Å². The molecule has 0 aliphatic carbocycles. The van der Waals surface area contributed by atoms with Crippen LogP contribution in [0.3, 0.4) is 0 Å². The molecule has 0 bridgehead atoms. The van der Waals surface area contributed by atoms with Crippen molar-refractivity contribution in [1.29, 1.82) is 0 Å². The second-order valence-corrected chi connectivity index (χ2v) is 11.2. The first kappa shape index (κ1) is 31.1. The molecule has 0 saturated carbocycles. The number of benzene rings is 1. The SMILES string of the molecule is CCC(C)C(=O)N1CCC(c2cc(C[C@H]3O[C@H](CO)[C@H](O)[C@H](n4cc(-c5cc(F)c(F)c(F)c5)nn4)[C@H]3OC)no2)CC1. The fourth-order valence-corrected chi connectivity index (χ4v) is 5.88. The Kier molecular flexibility index (Phi) is 9.49. The van der Waals surface area contributed by atoms with Crippen molar-refractivity contribution in [1.82, 2.24) is 25.1 Å². The molecule has 5 rings (SSSR count). The fraction of sp³-hybridized carbons (Fsp3) is 0.586. The molecule has 234 valence electrons. The van der Waals surface area contributed by atoms with Crippen molar-refractivity contribution in [2.45, 2.75) is 75.9 Å². The van der Waals surface area contributed by atoms with Gasteiger partial charge in [-0.1, -0.05) is 24.2 Å². The van der Waals surface area contributed by atoms with Crippen molar-refractivity contribution in [2.24, 2.45) is 5.92 Å². The van der Waals surface area contributed by atoms with Crippen LogP contribution in [0.2, 0.25) is 0 Å². The second-order valence-electron chi connectivity index (χ2n) is 11.2. The third kappa shape index (κ3) is 6.33. The Hall–Kier alpha value is -3.33. The Morgan fingerprint density at radius 2 is 1.86 bits per heavy atom. The number of carbonyl (C=O) groups excluding carboxylic acids is 1. The number of aliphatic hydroxyl groups is 2. The minimum absolute atomic E-state index is 0.000707. The van der Waals surface area contributed by atoms with Crippen LogP contribution in [0, 0.1) is 23.4 Å². The smallest absolute Gasteiger partial charge is 0.225 e. The van der Waals surface area contributed by atoms with E-state index >= 15 is 0 Å². The lowest BCUT2D eigenvalue weighted by Gasteiger charge is -2.43. The van der Waals surface area contributed by atoms with Gasteiger partial charge in [0.15, 0.2) is 17.5 Å². The number of aliphatic hydroxyl groups excluding tert-OH is 2. The molecule has 3 aromatic rings. The summed E-state index contributed by atoms with van der Waals surface area (Å²) in [7, 11) is 1.44. The number of nitrogens with zero attached hydrogens (tertiary/aromatic N) is 5. The molecular weight excluding hydrogens is 571 g/mol. The lowest BCUT2D eigenvalue weighted by Crippen LogP contribution is -2.57. The van der Waals surface area contributed by atoms with Crippen LogP contribution < -0.4 is 0 Å². The molecule has 2 aliphatic rings. The minimum atomic E-state index is -1.60. The molecule has 2 aromatic heterocycles. The molecule has 6 atom stereocenters. The molecule has 0 radical (unpaired) electrons. The maximum Gasteiger partial charge on any atom is 0.225 e. The normalized spacial score (nSPS) is 25.7. The Morgan fingerprint density at radius 3 is 2.49 bits per heavy atom. The first-order valence-corrected chi connectivity index (χ1v) is 14.4. The van der Waals surface area contributed by atoms with E-state index in [0.717, 1.165) is 31.4 Å². The van der Waals surface area contributed by atoms with Crippen molar-refractivity contribution in [2.75, 3.05) is 26.8 Å². The number of piperidine rings is 1. The third-order valence-corrected chi connectivity index (χ3v) is 8.56. The lowest BCUT2D eigenvalue weighted by molar-refractivity contribution is -0.212. The Bertz CT molecular complexity index is 1390. The number of rotatable bonds is 9. The molecule has 2 N–H and O–H groups in total. The van der Waals surface area contributed by atoms with Crippen molar-refractivity contribution in [3.8, 4) is 11.3 Å². The molecule has 14 heteroatoms. The van der Waals surface area contributed by atoms with Gasteiger partial charge in [0, 0.05) is 50.1 Å². The summed E-state index contributed by atoms with van der Waals surface area (Å²) in [5.74, 6) is -3.34. The van der Waals surface area contributed by atoms with Gasteiger partial charge in [-0.15, -0.1) is 5.10 Å². The van der Waals surface area contributed by atoms with Gasteiger partial charge < -0.3 is 29.1 Å². The summed E-state index contributed by atoms with van der Waals surface area (Å²) in [5, 5.41) is 33.3. The first-order valence-electron chi connectivity index (χ1n) is 14.4. The number of halogens is 3. The molecule has 4 heterocycles. The van der Waals surface area contributed by atoms with E-state index in [1.165, 1.54) is 18.0 Å². The van der Waals surface area contributed by atoms with Gasteiger partial charge in [-0.25, -0.2) is 17.9 Å². The highest BCUT2D eigenvalue weighted by Gasteiger charge is 2.47. The minimum Gasteiger partial charge on any atom is -0.394 e. The number of carbonyl (C=O) groups is 1. The van der Waals surface area contributed by atoms with Crippen molar-refractivity contribution in [3.63, 3.8) is 0 Å². The number of aromatic nitrogens is 4. The summed E-state index contributed by atoms with van der Waals surface area (Å²) in [5.41, 5.74) is 0.587. The zero-order valence-corrected chi connectivity index (χ0v) is 24.2. The quantitative estimate of drug-likeness (QED) is 0.352. The molecule has 1 aromatic carbocycles. The van der Waals surface area contributed by atoms with Crippen LogP contribution in [-0.4, -0.2) is 92.4 Å². The van der Waals surface area contributed by atoms with Gasteiger partial charge in [0.2, 0.25) is 5.91 Å². The van der Waals surface area contributed by atoms with Crippen molar-refractivity contribution in [3.05, 3.63) is 53.3 Å². The highest BCUT2D eigenvalue weighted by Crippen LogP contribution is 2.35. The number of hydrogen-bond donors (Lipinski definition) is 2. The maximum absolute atomic E-state index is 13.8. The highest BCUT2D eigenvalue weighted by atomic mass is 19.2. The third-order valence-electron chi connectivity index (χ3n) is 8.56. The summed E-state index contributed by atoms with van der Waals surface area (Å²) in [4.78, 5) is 14.5. The molecule has 0 spiro atoms. The number of hydrogen-bond acceptors (Lipinski definition) is 9. The van der Waals surface area contributed by atoms with Crippen molar-refractivity contribution >= 4 is 5.91 Å². The van der Waals surface area contributed by atoms with Crippen LogP contribution in [0.25, 0.3) is 11.3 Å². The summed E-state index contributed by atoms with van der Waals surface area (Å²) in [6.07, 6.45) is 0.118. The summed E-state index contributed by atoms with van der Waals surface area (Å²) < 4.78 is 59.8. The van der Waals surface area contributed by atoms with E-state index < -0.39 is 54.5 Å². The van der Waals surface area contributed by atoms with Crippen LogP contribution in [0.15, 0.2) is 28.9 Å². The Labute approximate surface area is 246 Å². The fourth-order valence-electron chi connectivity index (χ4n) is 5.88. The first-order chi connectivity index (χ1) is 20.6. The van der Waals surface area contributed by atoms with E-state index in [1.807, 2.05) is 24.8 Å². The van der Waals surface area contributed by atoms with E-state index in [9.17, 15) is 28.2 Å². The van der Waals surface area contributed by atoms with E-state index in [1.54, 1.807) is 0 Å². The summed E-state index contributed by atoms with van der Waals surface area (Å²) >= 11 is 0. The van der Waals surface area contributed by atoms with Crippen LogP contribution >= 0.6 is 0 Å². The standard InChI is InChI=1S/C29H36F3N5O6/c1-4-15(2)29(40)36-7-5-16(6-8-36)22-11-18(34-43-22)12-23-28(41-3)26(27(39)24(14-38)42-23)37-13-21(33-35-37)17-9-19(30)25(32)20(31)10-17/h9-11,13,15-16,23-24,26-28,38-39H,4-8,12,14H2,1-3H3/t15?,23-,24-,26+,27+,28+/m1/s1.